The van der Waals surface area contributed by atoms with E-state index in [4.69, 9.17) is 0 Å². The van der Waals surface area contributed by atoms with E-state index in [-0.39, 0.29) is 24.6 Å². The number of amides is 2. The first-order valence-corrected chi connectivity index (χ1v) is 8.31. The van der Waals surface area contributed by atoms with Crippen molar-refractivity contribution in [3.8, 4) is 0 Å². The molecule has 2 aliphatic heterocycles. The van der Waals surface area contributed by atoms with Crippen molar-refractivity contribution in [2.45, 2.75) is 44.2 Å². The molecule has 0 aromatic heterocycles. The number of carbonyl (C=O) groups is 2. The van der Waals surface area contributed by atoms with E-state index in [1.54, 1.807) is 4.90 Å². The zero-order valence-electron chi connectivity index (χ0n) is 14.2. The van der Waals surface area contributed by atoms with Gasteiger partial charge in [0, 0.05) is 19.1 Å². The van der Waals surface area contributed by atoms with Crippen LogP contribution in [0.15, 0.2) is 18.2 Å². The van der Waals surface area contributed by atoms with E-state index in [2.05, 4.69) is 0 Å². The molecular formula is C17H16F6N2O2. The van der Waals surface area contributed by atoms with Crippen LogP contribution in [-0.4, -0.2) is 46.8 Å². The molecule has 0 saturated carbocycles. The highest BCUT2D eigenvalue weighted by Crippen LogP contribution is 2.38. The third-order valence-corrected chi connectivity index (χ3v) is 5.04. The Morgan fingerprint density at radius 1 is 1.11 bits per heavy atom. The number of nitrogens with zero attached hydrogens (tertiary/aromatic N) is 2. The lowest BCUT2D eigenvalue weighted by molar-refractivity contribution is -0.143. The topological polar surface area (TPSA) is 40.6 Å². The van der Waals surface area contributed by atoms with Crippen LogP contribution in [0.25, 0.3) is 0 Å². The van der Waals surface area contributed by atoms with Crippen LogP contribution < -0.4 is 0 Å². The fourth-order valence-electron chi connectivity index (χ4n) is 3.63. The molecule has 2 atom stereocenters. The minimum Gasteiger partial charge on any atom is -0.336 e. The molecule has 2 heterocycles. The summed E-state index contributed by atoms with van der Waals surface area (Å²) < 4.78 is 78.3. The maximum absolute atomic E-state index is 13.3. The van der Waals surface area contributed by atoms with Crippen LogP contribution in [0, 0.1) is 0 Å². The van der Waals surface area contributed by atoms with Crippen molar-refractivity contribution in [3.05, 3.63) is 34.9 Å². The van der Waals surface area contributed by atoms with Gasteiger partial charge in [-0.1, -0.05) is 0 Å². The largest absolute Gasteiger partial charge is 0.417 e. The summed E-state index contributed by atoms with van der Waals surface area (Å²) in [7, 11) is 0. The molecule has 10 heteroatoms. The predicted octanol–water partition coefficient (Wildman–Crippen LogP) is 3.56. The fraction of sp³-hybridized carbons (Fsp3) is 0.529. The molecule has 1 aromatic carbocycles. The van der Waals surface area contributed by atoms with Gasteiger partial charge in [0.1, 0.15) is 6.04 Å². The lowest BCUT2D eigenvalue weighted by Crippen LogP contribution is -2.60. The number of hydrogen-bond donors (Lipinski definition) is 0. The number of alkyl halides is 6. The maximum atomic E-state index is 13.3. The summed E-state index contributed by atoms with van der Waals surface area (Å²) in [5.74, 6) is -1.46. The SMILES string of the molecule is C[C@@H]1C(=O)N2CCC[C@H]2CN1C(=O)c1ccc(C(F)(F)F)cc1C(F)(F)F. The van der Waals surface area contributed by atoms with Crippen molar-refractivity contribution in [2.24, 2.45) is 0 Å². The van der Waals surface area contributed by atoms with Gasteiger partial charge in [-0.3, -0.25) is 9.59 Å². The van der Waals surface area contributed by atoms with Gasteiger partial charge in [0.2, 0.25) is 5.91 Å². The minimum atomic E-state index is -5.14. The van der Waals surface area contributed by atoms with Gasteiger partial charge in [-0.05, 0) is 38.0 Å². The summed E-state index contributed by atoms with van der Waals surface area (Å²) in [4.78, 5) is 27.8. The highest BCUT2D eigenvalue weighted by atomic mass is 19.4. The molecule has 0 bridgehead atoms. The van der Waals surface area contributed by atoms with E-state index >= 15 is 0 Å². The highest BCUT2D eigenvalue weighted by Gasteiger charge is 2.45. The molecule has 3 rings (SSSR count). The number of fused-ring (bicyclic) bond motifs is 1. The van der Waals surface area contributed by atoms with Crippen molar-refractivity contribution >= 4 is 11.8 Å². The normalized spacial score (nSPS) is 23.6. The minimum absolute atomic E-state index is 0.0596. The van der Waals surface area contributed by atoms with Gasteiger partial charge in [0.15, 0.2) is 0 Å². The summed E-state index contributed by atoms with van der Waals surface area (Å²) in [6.45, 7) is 2.00. The van der Waals surface area contributed by atoms with E-state index in [1.807, 2.05) is 0 Å². The summed E-state index contributed by atoms with van der Waals surface area (Å²) in [5, 5.41) is 0. The Labute approximate surface area is 150 Å². The molecule has 2 amide bonds. The second-order valence-electron chi connectivity index (χ2n) is 6.72. The summed E-state index contributed by atoms with van der Waals surface area (Å²) >= 11 is 0. The van der Waals surface area contributed by atoms with Crippen LogP contribution in [-0.2, 0) is 17.1 Å². The van der Waals surface area contributed by atoms with Gasteiger partial charge >= 0.3 is 12.4 Å². The Morgan fingerprint density at radius 2 is 1.78 bits per heavy atom. The Hall–Kier alpha value is -2.26. The number of piperazine rings is 1. The fourth-order valence-corrected chi connectivity index (χ4v) is 3.63. The van der Waals surface area contributed by atoms with E-state index in [1.165, 1.54) is 6.92 Å². The molecule has 0 N–H and O–H groups in total. The van der Waals surface area contributed by atoms with Gasteiger partial charge in [-0.2, -0.15) is 26.3 Å². The smallest absolute Gasteiger partial charge is 0.336 e. The molecule has 1 aromatic rings. The first-order valence-electron chi connectivity index (χ1n) is 8.31. The Bertz CT molecular complexity index is 774. The van der Waals surface area contributed by atoms with Gasteiger partial charge in [0.05, 0.1) is 16.7 Å². The van der Waals surface area contributed by atoms with Crippen LogP contribution in [0.3, 0.4) is 0 Å². The second-order valence-corrected chi connectivity index (χ2v) is 6.72. The van der Waals surface area contributed by atoms with Crippen molar-refractivity contribution < 1.29 is 35.9 Å². The molecule has 0 unspecified atom stereocenters. The zero-order chi connectivity index (χ0) is 20.1. The van der Waals surface area contributed by atoms with Gasteiger partial charge in [-0.25, -0.2) is 0 Å². The quantitative estimate of drug-likeness (QED) is 0.684. The first kappa shape index (κ1) is 19.5. The van der Waals surface area contributed by atoms with Crippen molar-refractivity contribution in [1.82, 2.24) is 9.80 Å². The molecule has 4 nitrogen and oxygen atoms in total. The van der Waals surface area contributed by atoms with Crippen molar-refractivity contribution in [2.75, 3.05) is 13.1 Å². The van der Waals surface area contributed by atoms with Crippen molar-refractivity contribution in [3.63, 3.8) is 0 Å². The number of halogens is 6. The molecule has 0 spiro atoms. The average Bonchev–Trinajstić information content (AvgIpc) is 3.04. The third-order valence-electron chi connectivity index (χ3n) is 5.04. The van der Waals surface area contributed by atoms with Crippen molar-refractivity contribution in [1.29, 1.82) is 0 Å². The van der Waals surface area contributed by atoms with Gasteiger partial charge in [0.25, 0.3) is 5.91 Å². The van der Waals surface area contributed by atoms with E-state index in [0.29, 0.717) is 25.1 Å². The molecule has 2 aliphatic rings. The molecular weight excluding hydrogens is 378 g/mol. The van der Waals surface area contributed by atoms with Crippen LogP contribution in [0.4, 0.5) is 26.3 Å². The number of benzene rings is 1. The summed E-state index contributed by atoms with van der Waals surface area (Å²) in [6.07, 6.45) is -8.75. The second kappa shape index (κ2) is 6.42. The van der Waals surface area contributed by atoms with Crippen LogP contribution >= 0.6 is 0 Å². The third kappa shape index (κ3) is 3.49. The summed E-state index contributed by atoms with van der Waals surface area (Å²) in [6, 6.07) is -0.338. The van der Waals surface area contributed by atoms with E-state index in [9.17, 15) is 35.9 Å². The van der Waals surface area contributed by atoms with E-state index < -0.39 is 41.0 Å². The molecule has 2 fully saturated rings. The molecule has 148 valence electrons. The summed E-state index contributed by atoms with van der Waals surface area (Å²) in [5.41, 5.74) is -4.03. The van der Waals surface area contributed by atoms with Crippen LogP contribution in [0.5, 0.6) is 0 Å². The van der Waals surface area contributed by atoms with Gasteiger partial charge < -0.3 is 9.80 Å². The Morgan fingerprint density at radius 3 is 2.37 bits per heavy atom. The Balaban J connectivity index is 2.00. The maximum Gasteiger partial charge on any atom is 0.417 e. The number of carbonyl (C=O) groups excluding carboxylic acids is 2. The molecule has 0 aliphatic carbocycles. The molecule has 2 saturated heterocycles. The number of hydrogen-bond acceptors (Lipinski definition) is 2. The average molecular weight is 394 g/mol. The molecule has 27 heavy (non-hydrogen) atoms. The monoisotopic (exact) mass is 394 g/mol. The lowest BCUT2D eigenvalue weighted by Gasteiger charge is -2.41. The van der Waals surface area contributed by atoms with E-state index in [0.717, 1.165) is 11.3 Å². The lowest BCUT2D eigenvalue weighted by atomic mass is 9.99. The predicted molar refractivity (Wildman–Crippen MR) is 81.7 cm³/mol. The first-order chi connectivity index (χ1) is 12.4. The number of rotatable bonds is 1. The molecule has 0 radical (unpaired) electrons. The zero-order valence-corrected chi connectivity index (χ0v) is 14.2. The van der Waals surface area contributed by atoms with Gasteiger partial charge in [-0.15, -0.1) is 0 Å². The van der Waals surface area contributed by atoms with Crippen LogP contribution in [0.2, 0.25) is 0 Å². The Kier molecular flexibility index (Phi) is 4.63. The van der Waals surface area contributed by atoms with Crippen LogP contribution in [0.1, 0.15) is 41.3 Å². The highest BCUT2D eigenvalue weighted by molar-refractivity contribution is 5.99. The standard InChI is InChI=1S/C17H16F6N2O2/c1-9-14(26)24-6-2-3-11(24)8-25(9)15(27)12-5-4-10(16(18,19)20)7-13(12)17(21,22)23/h4-5,7,9,11H,2-3,6,8H2,1H3/t9-,11+/m1/s1.